The van der Waals surface area contributed by atoms with E-state index in [1.807, 2.05) is 0 Å². The summed E-state index contributed by atoms with van der Waals surface area (Å²) in [6.45, 7) is 1.12. The molecule has 0 aliphatic heterocycles. The Bertz CT molecular complexity index is 164. The monoisotopic (exact) mass is 177 g/mol. The van der Waals surface area contributed by atoms with Crippen molar-refractivity contribution in [1.29, 1.82) is 0 Å². The first kappa shape index (κ1) is 13.5. The molecule has 6 heteroatoms. The van der Waals surface area contributed by atoms with E-state index in [0.717, 1.165) is 0 Å². The molecular formula is C4H10NaO4S. The van der Waals surface area contributed by atoms with Crippen LogP contribution in [-0.2, 0) is 10.1 Å². The Labute approximate surface area is 82.7 Å². The van der Waals surface area contributed by atoms with Crippen molar-refractivity contribution in [2.75, 3.05) is 6.61 Å². The van der Waals surface area contributed by atoms with Gasteiger partial charge in [-0.25, -0.2) is 0 Å². The average molecular weight is 177 g/mol. The van der Waals surface area contributed by atoms with Crippen molar-refractivity contribution in [2.45, 2.75) is 18.6 Å². The zero-order valence-corrected chi connectivity index (χ0v) is 8.93. The van der Waals surface area contributed by atoms with E-state index in [9.17, 15) is 8.42 Å². The second kappa shape index (κ2) is 5.51. The molecule has 1 radical (unpaired) electrons. The average Bonchev–Trinajstić information content (AvgIpc) is 1.64. The van der Waals surface area contributed by atoms with E-state index in [4.69, 9.17) is 9.66 Å². The molecule has 1 unspecified atom stereocenters. The summed E-state index contributed by atoms with van der Waals surface area (Å²) in [7, 11) is -3.92. The van der Waals surface area contributed by atoms with Gasteiger partial charge in [0, 0.05) is 36.2 Å². The first-order chi connectivity index (χ1) is 3.98. The van der Waals surface area contributed by atoms with Crippen LogP contribution in [0.2, 0.25) is 0 Å². The Kier molecular flexibility index (Phi) is 7.42. The van der Waals surface area contributed by atoms with Crippen LogP contribution in [0.1, 0.15) is 13.3 Å². The van der Waals surface area contributed by atoms with Gasteiger partial charge in [-0.3, -0.25) is 4.55 Å². The van der Waals surface area contributed by atoms with Crippen LogP contribution in [0.3, 0.4) is 0 Å². The van der Waals surface area contributed by atoms with E-state index in [0.29, 0.717) is 0 Å². The molecule has 0 saturated carbocycles. The molecule has 1 atom stereocenters. The molecular weight excluding hydrogens is 167 g/mol. The van der Waals surface area contributed by atoms with Crippen molar-refractivity contribution in [1.82, 2.24) is 0 Å². The molecule has 0 aliphatic rings. The molecule has 0 bridgehead atoms. The van der Waals surface area contributed by atoms with Crippen LogP contribution in [0.5, 0.6) is 0 Å². The molecule has 0 saturated heterocycles. The number of hydrogen-bond acceptors (Lipinski definition) is 3. The normalized spacial score (nSPS) is 13.9. The van der Waals surface area contributed by atoms with E-state index >= 15 is 0 Å². The summed E-state index contributed by atoms with van der Waals surface area (Å²) in [6.07, 6.45) is 0.0822. The molecule has 10 heavy (non-hydrogen) atoms. The third kappa shape index (κ3) is 5.64. The molecule has 0 aromatic heterocycles. The zero-order valence-electron chi connectivity index (χ0n) is 6.11. The van der Waals surface area contributed by atoms with Crippen molar-refractivity contribution < 1.29 is 18.1 Å². The molecule has 0 amide bonds. The van der Waals surface area contributed by atoms with Gasteiger partial charge in [0.2, 0.25) is 0 Å². The fourth-order valence-electron chi connectivity index (χ4n) is 0.331. The molecule has 0 aliphatic carbocycles. The third-order valence-electron chi connectivity index (χ3n) is 1.04. The van der Waals surface area contributed by atoms with Gasteiger partial charge in [0.15, 0.2) is 0 Å². The topological polar surface area (TPSA) is 74.6 Å². The van der Waals surface area contributed by atoms with Crippen LogP contribution in [0, 0.1) is 0 Å². The largest absolute Gasteiger partial charge is 0.396 e. The van der Waals surface area contributed by atoms with Crippen LogP contribution in [0.4, 0.5) is 0 Å². The van der Waals surface area contributed by atoms with Crippen LogP contribution in [0.15, 0.2) is 0 Å². The molecule has 2 N–H and O–H groups in total. The predicted octanol–water partition coefficient (Wildman–Crippen LogP) is -0.736. The van der Waals surface area contributed by atoms with E-state index in [2.05, 4.69) is 0 Å². The van der Waals surface area contributed by atoms with Crippen LogP contribution in [0.25, 0.3) is 0 Å². The van der Waals surface area contributed by atoms with Gasteiger partial charge in [-0.05, 0) is 13.3 Å². The maximum atomic E-state index is 10.2. The van der Waals surface area contributed by atoms with Gasteiger partial charge >= 0.3 is 0 Å². The standard InChI is InChI=1S/C4H10O4S.Na/c1-4(2-3-5)9(6,7)8;/h4-5H,2-3H2,1H3,(H,6,7,8);. The second-order valence-electron chi connectivity index (χ2n) is 1.84. The van der Waals surface area contributed by atoms with Crippen molar-refractivity contribution in [3.8, 4) is 0 Å². The fourth-order valence-corrected chi connectivity index (χ4v) is 0.734. The van der Waals surface area contributed by atoms with Gasteiger partial charge < -0.3 is 5.11 Å². The Morgan fingerprint density at radius 2 is 1.90 bits per heavy atom. The SMILES string of the molecule is CC(CCO)S(=O)(=O)O.[Na]. The Hall–Kier alpha value is 0.870. The summed E-state index contributed by atoms with van der Waals surface area (Å²) in [5.41, 5.74) is 0. The number of rotatable bonds is 3. The minimum Gasteiger partial charge on any atom is -0.396 e. The Morgan fingerprint density at radius 1 is 1.50 bits per heavy atom. The van der Waals surface area contributed by atoms with Crippen molar-refractivity contribution in [3.05, 3.63) is 0 Å². The summed E-state index contributed by atoms with van der Waals surface area (Å²) in [6, 6.07) is 0. The summed E-state index contributed by atoms with van der Waals surface area (Å²) in [5.74, 6) is 0. The third-order valence-corrected chi connectivity index (χ3v) is 2.30. The summed E-state index contributed by atoms with van der Waals surface area (Å²) in [4.78, 5) is 0. The summed E-state index contributed by atoms with van der Waals surface area (Å²) < 4.78 is 28.6. The van der Waals surface area contributed by atoms with Crippen molar-refractivity contribution >= 4 is 39.7 Å². The number of hydrogen-bond donors (Lipinski definition) is 2. The summed E-state index contributed by atoms with van der Waals surface area (Å²) in [5, 5.41) is 7.37. The van der Waals surface area contributed by atoms with Crippen LogP contribution >= 0.6 is 0 Å². The fraction of sp³-hybridized carbons (Fsp3) is 1.00. The van der Waals surface area contributed by atoms with Gasteiger partial charge in [0.25, 0.3) is 10.1 Å². The van der Waals surface area contributed by atoms with Gasteiger partial charge in [-0.15, -0.1) is 0 Å². The van der Waals surface area contributed by atoms with E-state index in [1.54, 1.807) is 0 Å². The minimum atomic E-state index is -3.92. The first-order valence-corrected chi connectivity index (χ1v) is 4.06. The van der Waals surface area contributed by atoms with Crippen LogP contribution < -0.4 is 0 Å². The molecule has 0 aromatic carbocycles. The summed E-state index contributed by atoms with van der Waals surface area (Å²) >= 11 is 0. The molecule has 0 fully saturated rings. The second-order valence-corrected chi connectivity index (χ2v) is 3.67. The molecule has 57 valence electrons. The van der Waals surface area contributed by atoms with Crippen LogP contribution in [-0.4, -0.2) is 59.5 Å². The van der Waals surface area contributed by atoms with Gasteiger partial charge in [0.1, 0.15) is 0 Å². The maximum absolute atomic E-state index is 10.2. The quantitative estimate of drug-likeness (QED) is 0.440. The molecule has 0 rings (SSSR count). The van der Waals surface area contributed by atoms with E-state index in [1.165, 1.54) is 6.92 Å². The van der Waals surface area contributed by atoms with Gasteiger partial charge in [-0.2, -0.15) is 8.42 Å². The number of aliphatic hydroxyl groups excluding tert-OH is 1. The Balaban J connectivity index is 0. The first-order valence-electron chi connectivity index (χ1n) is 2.55. The Morgan fingerprint density at radius 3 is 2.00 bits per heavy atom. The molecule has 0 heterocycles. The van der Waals surface area contributed by atoms with Crippen molar-refractivity contribution in [2.24, 2.45) is 0 Å². The van der Waals surface area contributed by atoms with E-state index in [-0.39, 0.29) is 42.6 Å². The predicted molar refractivity (Wildman–Crippen MR) is 38.5 cm³/mol. The van der Waals surface area contributed by atoms with E-state index < -0.39 is 15.4 Å². The van der Waals surface area contributed by atoms with Crippen molar-refractivity contribution in [3.63, 3.8) is 0 Å². The zero-order chi connectivity index (χ0) is 7.49. The number of aliphatic hydroxyl groups is 1. The smallest absolute Gasteiger partial charge is 0.267 e. The van der Waals surface area contributed by atoms with Gasteiger partial charge in [0.05, 0.1) is 5.25 Å². The molecule has 0 aromatic rings. The minimum absolute atomic E-state index is 0. The molecule has 4 nitrogen and oxygen atoms in total. The maximum Gasteiger partial charge on any atom is 0.267 e. The van der Waals surface area contributed by atoms with Gasteiger partial charge in [-0.1, -0.05) is 0 Å². The molecule has 0 spiro atoms.